The fraction of sp³-hybridized carbons (Fsp3) is 0.567. The maximum atomic E-state index is 12.1. The number of amides is 1. The number of halogens is 1. The van der Waals surface area contributed by atoms with Crippen molar-refractivity contribution in [3.05, 3.63) is 47.5 Å². The molecular formula is C30H45B2ClN2O8. The number of piperidine rings is 2. The molecule has 236 valence electrons. The van der Waals surface area contributed by atoms with Crippen LogP contribution in [0.1, 0.15) is 65.0 Å². The standard InChI is InChI=1S/C17H24BNO5.C12H16BNO3.CH4.ClH/c1-17(2,3)24-16(20)19-8-6-13(7-9-19)23-14-5-4-12-11-22-18(21)15(12)10-14;15-13-12-7-11(2-1-9(12)8-16-13)17-10-3-5-14-6-4-10;;/h4-5,10,13,21H,6-9,11H2,1-3H3;1-2,7,10,14-15H,3-6,8H2;1H4;1H. The van der Waals surface area contributed by atoms with E-state index in [1.165, 1.54) is 0 Å². The number of ether oxygens (including phenoxy) is 3. The van der Waals surface area contributed by atoms with E-state index in [4.69, 9.17) is 23.5 Å². The minimum absolute atomic E-state index is 0. The van der Waals surface area contributed by atoms with Crippen LogP contribution in [-0.4, -0.2) is 79.3 Å². The minimum Gasteiger partial charge on any atom is -0.490 e. The summed E-state index contributed by atoms with van der Waals surface area (Å²) in [5, 5.41) is 22.7. The molecule has 3 N–H and O–H groups in total. The van der Waals surface area contributed by atoms with E-state index in [-0.39, 0.29) is 38.1 Å². The van der Waals surface area contributed by atoms with Gasteiger partial charge < -0.3 is 43.8 Å². The molecule has 0 aliphatic carbocycles. The summed E-state index contributed by atoms with van der Waals surface area (Å²) in [6.45, 7) is 9.80. The largest absolute Gasteiger partial charge is 0.491 e. The Kier molecular flexibility index (Phi) is 12.6. The Morgan fingerprint density at radius 3 is 1.79 bits per heavy atom. The zero-order valence-corrected chi connectivity index (χ0v) is 25.4. The Morgan fingerprint density at radius 1 is 0.860 bits per heavy atom. The summed E-state index contributed by atoms with van der Waals surface area (Å²) in [6.07, 6.45) is 3.67. The summed E-state index contributed by atoms with van der Waals surface area (Å²) >= 11 is 0. The Bertz CT molecular complexity index is 1200. The number of carbonyl (C=O) groups excluding carboxylic acids is 1. The van der Waals surface area contributed by atoms with Crippen LogP contribution in [0.3, 0.4) is 0 Å². The predicted octanol–water partition coefficient (Wildman–Crippen LogP) is 2.78. The van der Waals surface area contributed by atoms with Crippen LogP contribution in [0, 0.1) is 0 Å². The van der Waals surface area contributed by atoms with Crippen LogP contribution in [0.15, 0.2) is 36.4 Å². The first-order valence-corrected chi connectivity index (χ1v) is 14.5. The highest BCUT2D eigenvalue weighted by Gasteiger charge is 2.30. The minimum atomic E-state index is -0.863. The molecule has 0 aromatic heterocycles. The summed E-state index contributed by atoms with van der Waals surface area (Å²) < 4.78 is 27.7. The molecule has 2 aromatic rings. The van der Waals surface area contributed by atoms with Gasteiger partial charge in [-0.15, -0.1) is 12.4 Å². The third-order valence-electron chi connectivity index (χ3n) is 7.55. The number of nitrogens with zero attached hydrogens (tertiary/aromatic N) is 1. The van der Waals surface area contributed by atoms with Crippen molar-refractivity contribution in [3.8, 4) is 11.5 Å². The lowest BCUT2D eigenvalue weighted by atomic mass is 9.79. The van der Waals surface area contributed by atoms with E-state index in [9.17, 15) is 14.8 Å². The van der Waals surface area contributed by atoms with Crippen LogP contribution in [-0.2, 0) is 27.3 Å². The smallest absolute Gasteiger partial charge is 0.490 e. The van der Waals surface area contributed by atoms with Gasteiger partial charge in [-0.25, -0.2) is 4.79 Å². The van der Waals surface area contributed by atoms with Gasteiger partial charge in [0, 0.05) is 25.9 Å². The maximum Gasteiger partial charge on any atom is 0.491 e. The van der Waals surface area contributed by atoms with Crippen LogP contribution in [0.2, 0.25) is 0 Å². The Balaban J connectivity index is 0.000000236. The summed E-state index contributed by atoms with van der Waals surface area (Å²) in [6, 6.07) is 11.5. The van der Waals surface area contributed by atoms with Gasteiger partial charge in [-0.05, 0) is 93.0 Å². The number of likely N-dealkylation sites (tertiary alicyclic amines) is 1. The third kappa shape index (κ3) is 9.51. The van der Waals surface area contributed by atoms with Crippen LogP contribution in [0.4, 0.5) is 4.79 Å². The predicted molar refractivity (Wildman–Crippen MR) is 170 cm³/mol. The van der Waals surface area contributed by atoms with E-state index < -0.39 is 19.8 Å². The molecule has 10 nitrogen and oxygen atoms in total. The third-order valence-corrected chi connectivity index (χ3v) is 7.55. The van der Waals surface area contributed by atoms with Crippen LogP contribution < -0.4 is 25.7 Å². The van der Waals surface area contributed by atoms with Gasteiger partial charge in [0.15, 0.2) is 0 Å². The number of hydrogen-bond donors (Lipinski definition) is 3. The number of rotatable bonds is 4. The zero-order valence-electron chi connectivity index (χ0n) is 24.5. The molecule has 0 saturated carbocycles. The number of carbonyl (C=O) groups is 1. The number of benzene rings is 2. The second kappa shape index (κ2) is 15.5. The van der Waals surface area contributed by atoms with Gasteiger partial charge in [0.1, 0.15) is 29.3 Å². The number of nitrogens with one attached hydrogen (secondary N) is 1. The average Bonchev–Trinajstić information content (AvgIpc) is 3.51. The van der Waals surface area contributed by atoms with E-state index in [1.807, 2.05) is 57.2 Å². The average molecular weight is 619 g/mol. The second-order valence-corrected chi connectivity index (χ2v) is 11.9. The SMILES string of the molecule is C.CC(C)(C)OC(=O)N1CCC(Oc2ccc3c(c2)B(O)OC3)CC1.Cl.OB1OCc2ccc(OC3CCNCC3)cc21. The molecular weight excluding hydrogens is 573 g/mol. The molecule has 0 bridgehead atoms. The van der Waals surface area contributed by atoms with Gasteiger partial charge in [-0.1, -0.05) is 19.6 Å². The van der Waals surface area contributed by atoms with Crippen molar-refractivity contribution in [1.82, 2.24) is 10.2 Å². The molecule has 0 atom stereocenters. The monoisotopic (exact) mass is 618 g/mol. The summed E-state index contributed by atoms with van der Waals surface area (Å²) in [5.41, 5.74) is 3.19. The molecule has 4 heterocycles. The lowest BCUT2D eigenvalue weighted by molar-refractivity contribution is 0.0126. The lowest BCUT2D eigenvalue weighted by Crippen LogP contribution is -2.44. The molecule has 2 saturated heterocycles. The van der Waals surface area contributed by atoms with Gasteiger partial charge in [-0.2, -0.15) is 0 Å². The first kappa shape index (κ1) is 35.0. The lowest BCUT2D eigenvalue weighted by Gasteiger charge is -2.33. The molecule has 4 aliphatic heterocycles. The van der Waals surface area contributed by atoms with Crippen molar-refractivity contribution in [2.24, 2.45) is 0 Å². The Hall–Kier alpha value is -2.47. The van der Waals surface area contributed by atoms with Crippen LogP contribution in [0.5, 0.6) is 11.5 Å². The first-order valence-electron chi connectivity index (χ1n) is 14.5. The van der Waals surface area contributed by atoms with Crippen molar-refractivity contribution in [1.29, 1.82) is 0 Å². The van der Waals surface area contributed by atoms with E-state index in [0.29, 0.717) is 26.3 Å². The van der Waals surface area contributed by atoms with E-state index in [2.05, 4.69) is 5.32 Å². The van der Waals surface area contributed by atoms with Crippen molar-refractivity contribution >= 4 is 43.7 Å². The second-order valence-electron chi connectivity index (χ2n) is 11.9. The van der Waals surface area contributed by atoms with Crippen molar-refractivity contribution in [2.75, 3.05) is 26.2 Å². The fourth-order valence-electron chi connectivity index (χ4n) is 5.31. The zero-order chi connectivity index (χ0) is 29.0. The van der Waals surface area contributed by atoms with E-state index >= 15 is 0 Å². The highest BCUT2D eigenvalue weighted by molar-refractivity contribution is 6.62. The van der Waals surface area contributed by atoms with Gasteiger partial charge >= 0.3 is 20.3 Å². The van der Waals surface area contributed by atoms with Crippen molar-refractivity contribution < 1.29 is 38.4 Å². The van der Waals surface area contributed by atoms with Gasteiger partial charge in [0.25, 0.3) is 0 Å². The summed E-state index contributed by atoms with van der Waals surface area (Å²) in [4.78, 5) is 13.8. The highest BCUT2D eigenvalue weighted by atomic mass is 35.5. The molecule has 0 unspecified atom stereocenters. The van der Waals surface area contributed by atoms with Crippen LogP contribution in [0.25, 0.3) is 0 Å². The molecule has 1 amide bonds. The molecule has 43 heavy (non-hydrogen) atoms. The van der Waals surface area contributed by atoms with Crippen LogP contribution >= 0.6 is 12.4 Å². The van der Waals surface area contributed by atoms with Gasteiger partial charge in [0.2, 0.25) is 0 Å². The van der Waals surface area contributed by atoms with Crippen molar-refractivity contribution in [2.45, 2.75) is 84.9 Å². The molecule has 0 radical (unpaired) electrons. The number of fused-ring (bicyclic) bond motifs is 2. The molecule has 2 fully saturated rings. The van der Waals surface area contributed by atoms with E-state index in [1.54, 1.807) is 4.90 Å². The molecule has 0 spiro atoms. The molecule has 13 heteroatoms. The Labute approximate surface area is 262 Å². The molecule has 2 aromatic carbocycles. The van der Waals surface area contributed by atoms with E-state index in [0.717, 1.165) is 72.3 Å². The maximum absolute atomic E-state index is 12.1. The number of hydrogen-bond acceptors (Lipinski definition) is 9. The quantitative estimate of drug-likeness (QED) is 0.445. The summed E-state index contributed by atoms with van der Waals surface area (Å²) in [5.74, 6) is 1.56. The highest BCUT2D eigenvalue weighted by Crippen LogP contribution is 2.23. The van der Waals surface area contributed by atoms with Gasteiger partial charge in [0.05, 0.1) is 13.2 Å². The molecule has 4 aliphatic rings. The molecule has 6 rings (SSSR count). The van der Waals surface area contributed by atoms with Crippen molar-refractivity contribution in [3.63, 3.8) is 0 Å². The van der Waals surface area contributed by atoms with Gasteiger partial charge in [-0.3, -0.25) is 0 Å². The normalized spacial score (nSPS) is 18.4. The Morgan fingerprint density at radius 2 is 1.33 bits per heavy atom. The summed E-state index contributed by atoms with van der Waals surface area (Å²) in [7, 11) is -1.65. The topological polar surface area (TPSA) is 119 Å². The first-order chi connectivity index (χ1) is 19.6. The fourth-order valence-corrected chi connectivity index (χ4v) is 5.31.